The summed E-state index contributed by atoms with van der Waals surface area (Å²) in [7, 11) is 2.05. The fraction of sp³-hybridized carbons (Fsp3) is 0.667. The number of nitrogens with one attached hydrogen (secondary N) is 1. The monoisotopic (exact) mass is 265 g/mol. The average Bonchev–Trinajstić information content (AvgIpc) is 2.46. The van der Waals surface area contributed by atoms with Gasteiger partial charge in [-0.15, -0.1) is 0 Å². The largest absolute Gasteiger partial charge is 0.368 e. The number of hydrogen-bond acceptors (Lipinski definition) is 7. The maximum Gasteiger partial charge on any atom is 0.223 e. The smallest absolute Gasteiger partial charge is 0.223 e. The molecular formula is C12H23N7. The highest BCUT2D eigenvalue weighted by Crippen LogP contribution is 2.22. The van der Waals surface area contributed by atoms with Gasteiger partial charge in [0.1, 0.15) is 11.6 Å². The summed E-state index contributed by atoms with van der Waals surface area (Å²) in [5.41, 5.74) is 8.21. The van der Waals surface area contributed by atoms with Gasteiger partial charge in [-0.3, -0.25) is 0 Å². The van der Waals surface area contributed by atoms with Gasteiger partial charge < -0.3 is 21.0 Å². The highest BCUT2D eigenvalue weighted by molar-refractivity contribution is 5.52. The molecule has 5 N–H and O–H groups in total. The zero-order valence-electron chi connectivity index (χ0n) is 11.6. The lowest BCUT2D eigenvalue weighted by molar-refractivity contribution is 0.220. The van der Waals surface area contributed by atoms with Gasteiger partial charge in [-0.1, -0.05) is 6.92 Å². The predicted octanol–water partition coefficient (Wildman–Crippen LogP) is 0.265. The Hall–Kier alpha value is -1.60. The number of nitrogen functional groups attached to an aromatic ring is 2. The van der Waals surface area contributed by atoms with Crippen molar-refractivity contribution in [3.05, 3.63) is 6.07 Å². The number of likely N-dealkylation sites (tertiary alicyclic amines) is 1. The molecular weight excluding hydrogens is 242 g/mol. The average molecular weight is 265 g/mol. The van der Waals surface area contributed by atoms with Gasteiger partial charge >= 0.3 is 0 Å². The summed E-state index contributed by atoms with van der Waals surface area (Å²) < 4.78 is 0. The SMILES string of the molecule is CCN1CCC(N(C)c2cc(NN)nc(N)n2)CC1. The Morgan fingerprint density at radius 2 is 2.11 bits per heavy atom. The van der Waals surface area contributed by atoms with E-state index in [0.29, 0.717) is 11.9 Å². The van der Waals surface area contributed by atoms with Crippen LogP contribution in [0, 0.1) is 0 Å². The summed E-state index contributed by atoms with van der Waals surface area (Å²) in [4.78, 5) is 12.9. The minimum Gasteiger partial charge on any atom is -0.368 e. The molecule has 1 saturated heterocycles. The van der Waals surface area contributed by atoms with E-state index in [1.165, 1.54) is 0 Å². The number of hydrogen-bond donors (Lipinski definition) is 3. The molecule has 0 amide bonds. The summed E-state index contributed by atoms with van der Waals surface area (Å²) in [5.74, 6) is 6.98. The summed E-state index contributed by atoms with van der Waals surface area (Å²) in [6, 6.07) is 2.31. The van der Waals surface area contributed by atoms with Gasteiger partial charge in [-0.25, -0.2) is 5.84 Å². The van der Waals surface area contributed by atoms with Crippen molar-refractivity contribution in [3.8, 4) is 0 Å². The van der Waals surface area contributed by atoms with Gasteiger partial charge in [0.2, 0.25) is 5.95 Å². The van der Waals surface area contributed by atoms with E-state index in [4.69, 9.17) is 11.6 Å². The normalized spacial score (nSPS) is 17.4. The van der Waals surface area contributed by atoms with Crippen molar-refractivity contribution in [1.29, 1.82) is 0 Å². The van der Waals surface area contributed by atoms with Crippen molar-refractivity contribution in [3.63, 3.8) is 0 Å². The molecule has 1 aliphatic rings. The molecule has 1 aromatic heterocycles. The van der Waals surface area contributed by atoms with E-state index in [1.807, 2.05) is 13.1 Å². The molecule has 0 aliphatic carbocycles. The standard InChI is InChI=1S/C12H23N7/c1-3-19-6-4-9(5-7-19)18(2)11-8-10(17-14)15-12(13)16-11/h8-9H,3-7,14H2,1-2H3,(H3,13,15,16,17). The van der Waals surface area contributed by atoms with Crippen molar-refractivity contribution in [2.24, 2.45) is 5.84 Å². The van der Waals surface area contributed by atoms with Crippen LogP contribution >= 0.6 is 0 Å². The van der Waals surface area contributed by atoms with Crippen LogP contribution in [0.3, 0.4) is 0 Å². The second-order valence-electron chi connectivity index (χ2n) is 4.89. The third-order valence-corrected chi connectivity index (χ3v) is 3.79. The van der Waals surface area contributed by atoms with Crippen LogP contribution in [0.25, 0.3) is 0 Å². The maximum absolute atomic E-state index is 5.69. The maximum atomic E-state index is 5.69. The van der Waals surface area contributed by atoms with Crippen molar-refractivity contribution in [2.45, 2.75) is 25.8 Å². The van der Waals surface area contributed by atoms with Crippen LogP contribution in [0.2, 0.25) is 0 Å². The van der Waals surface area contributed by atoms with Crippen LogP contribution in [-0.2, 0) is 0 Å². The molecule has 0 bridgehead atoms. The van der Waals surface area contributed by atoms with Crippen molar-refractivity contribution in [2.75, 3.05) is 42.7 Å². The van der Waals surface area contributed by atoms with Gasteiger partial charge in [0.25, 0.3) is 0 Å². The third kappa shape index (κ3) is 3.24. The topological polar surface area (TPSA) is 96.3 Å². The van der Waals surface area contributed by atoms with Crippen molar-refractivity contribution in [1.82, 2.24) is 14.9 Å². The van der Waals surface area contributed by atoms with Crippen LogP contribution in [0.1, 0.15) is 19.8 Å². The van der Waals surface area contributed by atoms with Gasteiger partial charge in [-0.05, 0) is 19.4 Å². The van der Waals surface area contributed by atoms with E-state index in [-0.39, 0.29) is 5.95 Å². The van der Waals surface area contributed by atoms with Crippen LogP contribution in [0.4, 0.5) is 17.6 Å². The van der Waals surface area contributed by atoms with Gasteiger partial charge in [0.15, 0.2) is 0 Å². The number of nitrogens with two attached hydrogens (primary N) is 2. The number of aromatic nitrogens is 2. The van der Waals surface area contributed by atoms with Gasteiger partial charge in [-0.2, -0.15) is 9.97 Å². The molecule has 106 valence electrons. The zero-order chi connectivity index (χ0) is 13.8. The van der Waals surface area contributed by atoms with E-state index in [0.717, 1.165) is 38.3 Å². The molecule has 7 nitrogen and oxygen atoms in total. The zero-order valence-corrected chi connectivity index (χ0v) is 11.6. The van der Waals surface area contributed by atoms with Gasteiger partial charge in [0.05, 0.1) is 0 Å². The Morgan fingerprint density at radius 3 is 2.68 bits per heavy atom. The molecule has 0 unspecified atom stereocenters. The summed E-state index contributed by atoms with van der Waals surface area (Å²) in [5, 5.41) is 0. The molecule has 2 heterocycles. The first-order valence-electron chi connectivity index (χ1n) is 6.70. The highest BCUT2D eigenvalue weighted by atomic mass is 15.3. The molecule has 7 heteroatoms. The Morgan fingerprint density at radius 1 is 1.42 bits per heavy atom. The molecule has 0 aromatic carbocycles. The Bertz CT molecular complexity index is 415. The lowest BCUT2D eigenvalue weighted by atomic mass is 10.0. The number of rotatable bonds is 4. The Balaban J connectivity index is 2.07. The number of nitrogens with zero attached hydrogens (tertiary/aromatic N) is 4. The molecule has 1 aliphatic heterocycles. The fourth-order valence-corrected chi connectivity index (χ4v) is 2.52. The first kappa shape index (κ1) is 13.8. The summed E-state index contributed by atoms with van der Waals surface area (Å²) in [6.45, 7) is 5.59. The minimum absolute atomic E-state index is 0.239. The number of hydrazine groups is 1. The second-order valence-corrected chi connectivity index (χ2v) is 4.89. The quantitative estimate of drug-likeness (QED) is 0.531. The van der Waals surface area contributed by atoms with Crippen LogP contribution < -0.4 is 21.9 Å². The molecule has 1 aromatic rings. The van der Waals surface area contributed by atoms with E-state index >= 15 is 0 Å². The fourth-order valence-electron chi connectivity index (χ4n) is 2.52. The highest BCUT2D eigenvalue weighted by Gasteiger charge is 2.23. The second kappa shape index (κ2) is 6.03. The first-order valence-corrected chi connectivity index (χ1v) is 6.70. The minimum atomic E-state index is 0.239. The van der Waals surface area contributed by atoms with Crippen molar-refractivity contribution < 1.29 is 0 Å². The van der Waals surface area contributed by atoms with E-state index in [2.05, 4.69) is 32.1 Å². The Labute approximate surface area is 114 Å². The van der Waals surface area contributed by atoms with E-state index < -0.39 is 0 Å². The molecule has 19 heavy (non-hydrogen) atoms. The van der Waals surface area contributed by atoms with E-state index in [1.54, 1.807) is 0 Å². The molecule has 2 rings (SSSR count). The van der Waals surface area contributed by atoms with Crippen LogP contribution in [-0.4, -0.2) is 47.6 Å². The van der Waals surface area contributed by atoms with Crippen LogP contribution in [0.5, 0.6) is 0 Å². The molecule has 0 spiro atoms. The van der Waals surface area contributed by atoms with Gasteiger partial charge in [0, 0.05) is 32.2 Å². The predicted molar refractivity (Wildman–Crippen MR) is 77.8 cm³/mol. The summed E-state index contributed by atoms with van der Waals surface area (Å²) in [6.07, 6.45) is 2.28. The van der Waals surface area contributed by atoms with E-state index in [9.17, 15) is 0 Å². The number of piperidine rings is 1. The molecule has 0 atom stereocenters. The molecule has 0 saturated carbocycles. The Kier molecular flexibility index (Phi) is 4.39. The summed E-state index contributed by atoms with van der Waals surface area (Å²) >= 11 is 0. The first-order chi connectivity index (χ1) is 9.13. The van der Waals surface area contributed by atoms with Crippen LogP contribution in [0.15, 0.2) is 6.07 Å². The molecule has 1 fully saturated rings. The lowest BCUT2D eigenvalue weighted by Gasteiger charge is -2.36. The molecule has 0 radical (unpaired) electrons. The third-order valence-electron chi connectivity index (χ3n) is 3.79. The van der Waals surface area contributed by atoms with Crippen molar-refractivity contribution >= 4 is 17.6 Å². The lowest BCUT2D eigenvalue weighted by Crippen LogP contribution is -2.43. The number of anilines is 3.